The van der Waals surface area contributed by atoms with Gasteiger partial charge in [-0.15, -0.1) is 6.58 Å². The number of hydrogen-bond donors (Lipinski definition) is 0. The summed E-state index contributed by atoms with van der Waals surface area (Å²) in [5, 5.41) is 0. The number of benzene rings is 2. The van der Waals surface area contributed by atoms with E-state index >= 15 is 0 Å². The largest absolute Gasteiger partial charge is 0.103 e. The lowest BCUT2D eigenvalue weighted by Crippen LogP contribution is -1.92. The Morgan fingerprint density at radius 2 is 1.38 bits per heavy atom. The molecule has 0 radical (unpaired) electrons. The summed E-state index contributed by atoms with van der Waals surface area (Å²) in [6, 6.07) is 17.6. The predicted octanol–water partition coefficient (Wildman–Crippen LogP) is 6.24. The molecule has 0 amide bonds. The lowest BCUT2D eigenvalue weighted by molar-refractivity contribution is 0.833. The van der Waals surface area contributed by atoms with E-state index in [0.29, 0.717) is 0 Å². The van der Waals surface area contributed by atoms with Crippen LogP contribution in [0.2, 0.25) is 0 Å². The van der Waals surface area contributed by atoms with Crippen LogP contribution in [0.4, 0.5) is 0 Å². The van der Waals surface area contributed by atoms with E-state index in [1.54, 1.807) is 5.57 Å². The molecule has 0 aromatic heterocycles. The van der Waals surface area contributed by atoms with Crippen molar-refractivity contribution in [1.29, 1.82) is 0 Å². The second-order valence-electron chi connectivity index (χ2n) is 5.65. The van der Waals surface area contributed by atoms with Gasteiger partial charge in [-0.25, -0.2) is 0 Å². The molecule has 0 heterocycles. The lowest BCUT2D eigenvalue weighted by Gasteiger charge is -2.12. The average molecular weight is 274 g/mol. The van der Waals surface area contributed by atoms with Gasteiger partial charge in [-0.1, -0.05) is 73.5 Å². The minimum atomic E-state index is 1.06. The van der Waals surface area contributed by atoms with Crippen LogP contribution in [0.15, 0.2) is 66.8 Å². The molecule has 0 fully saturated rings. The molecule has 0 unspecified atom stereocenters. The molecule has 21 heavy (non-hydrogen) atoms. The summed E-state index contributed by atoms with van der Waals surface area (Å²) < 4.78 is 0. The Hall–Kier alpha value is -2.08. The highest BCUT2D eigenvalue weighted by Gasteiger charge is 2.24. The highest BCUT2D eigenvalue weighted by molar-refractivity contribution is 6.02. The number of rotatable bonds is 5. The zero-order valence-corrected chi connectivity index (χ0v) is 12.7. The molecule has 1 aliphatic carbocycles. The first-order chi connectivity index (χ1) is 10.4. The van der Waals surface area contributed by atoms with Gasteiger partial charge in [0, 0.05) is 0 Å². The Kier molecular flexibility index (Phi) is 4.06. The van der Waals surface area contributed by atoms with E-state index in [9.17, 15) is 0 Å². The van der Waals surface area contributed by atoms with Gasteiger partial charge in [-0.05, 0) is 47.1 Å². The van der Waals surface area contributed by atoms with Gasteiger partial charge in [0.2, 0.25) is 0 Å². The molecule has 0 heteroatoms. The van der Waals surface area contributed by atoms with Gasteiger partial charge >= 0.3 is 0 Å². The highest BCUT2D eigenvalue weighted by atomic mass is 14.3. The minimum absolute atomic E-state index is 1.06. The fraction of sp³-hybridized carbons (Fsp3) is 0.238. The van der Waals surface area contributed by atoms with Gasteiger partial charge in [0.25, 0.3) is 0 Å². The molecule has 0 spiro atoms. The quantitative estimate of drug-likeness (QED) is 0.483. The van der Waals surface area contributed by atoms with E-state index in [-0.39, 0.29) is 0 Å². The molecule has 3 rings (SSSR count). The molecule has 0 saturated heterocycles. The van der Waals surface area contributed by atoms with Crippen molar-refractivity contribution < 1.29 is 0 Å². The summed E-state index contributed by atoms with van der Waals surface area (Å²) in [5.41, 5.74) is 8.64. The summed E-state index contributed by atoms with van der Waals surface area (Å²) in [6.45, 7) is 6.15. The maximum absolute atomic E-state index is 3.89. The SMILES string of the molecule is C=CCCC(CCC)=C1c2ccccc2-c2ccccc21. The normalized spacial score (nSPS) is 12.0. The van der Waals surface area contributed by atoms with Crippen molar-refractivity contribution in [2.24, 2.45) is 0 Å². The molecular weight excluding hydrogens is 252 g/mol. The van der Waals surface area contributed by atoms with Gasteiger partial charge in [-0.2, -0.15) is 0 Å². The van der Waals surface area contributed by atoms with Crippen LogP contribution in [0.3, 0.4) is 0 Å². The third kappa shape index (κ3) is 2.47. The fourth-order valence-electron chi connectivity index (χ4n) is 3.35. The molecule has 2 aromatic carbocycles. The molecule has 0 bridgehead atoms. The van der Waals surface area contributed by atoms with Crippen LogP contribution in [0, 0.1) is 0 Å². The van der Waals surface area contributed by atoms with Gasteiger partial charge in [0.1, 0.15) is 0 Å². The molecule has 1 aliphatic rings. The Labute approximate surface area is 127 Å². The third-order valence-corrected chi connectivity index (χ3v) is 4.24. The first-order valence-corrected chi connectivity index (χ1v) is 7.89. The highest BCUT2D eigenvalue weighted by Crippen LogP contribution is 2.46. The van der Waals surface area contributed by atoms with Gasteiger partial charge in [0.05, 0.1) is 0 Å². The monoisotopic (exact) mass is 274 g/mol. The lowest BCUT2D eigenvalue weighted by atomic mass is 9.92. The third-order valence-electron chi connectivity index (χ3n) is 4.24. The van der Waals surface area contributed by atoms with Crippen LogP contribution >= 0.6 is 0 Å². The average Bonchev–Trinajstić information content (AvgIpc) is 2.86. The van der Waals surface area contributed by atoms with Crippen molar-refractivity contribution in [3.8, 4) is 11.1 Å². The minimum Gasteiger partial charge on any atom is -0.103 e. The van der Waals surface area contributed by atoms with E-state index in [1.807, 2.05) is 6.08 Å². The molecule has 0 saturated carbocycles. The van der Waals surface area contributed by atoms with Crippen molar-refractivity contribution in [1.82, 2.24) is 0 Å². The summed E-state index contributed by atoms with van der Waals surface area (Å²) in [7, 11) is 0. The predicted molar refractivity (Wildman–Crippen MR) is 92.2 cm³/mol. The number of allylic oxidation sites excluding steroid dienone is 2. The Balaban J connectivity index is 2.22. The summed E-state index contributed by atoms with van der Waals surface area (Å²) in [6.07, 6.45) is 6.58. The Bertz CT molecular complexity index is 641. The second-order valence-corrected chi connectivity index (χ2v) is 5.65. The molecule has 106 valence electrons. The molecular formula is C21H22. The zero-order chi connectivity index (χ0) is 14.7. The molecule has 0 N–H and O–H groups in total. The standard InChI is InChI=1S/C21H22/c1-3-5-11-16(10-4-2)21-19-14-8-6-12-17(19)18-13-7-9-15-20(18)21/h3,6-9,12-15H,1,4-5,10-11H2,2H3. The molecule has 0 nitrogen and oxygen atoms in total. The summed E-state index contributed by atoms with van der Waals surface area (Å²) in [4.78, 5) is 0. The number of hydrogen-bond acceptors (Lipinski definition) is 0. The van der Waals surface area contributed by atoms with Crippen LogP contribution in [0.25, 0.3) is 16.7 Å². The Morgan fingerprint density at radius 3 is 1.86 bits per heavy atom. The topological polar surface area (TPSA) is 0 Å². The van der Waals surface area contributed by atoms with E-state index in [2.05, 4.69) is 62.0 Å². The zero-order valence-electron chi connectivity index (χ0n) is 12.7. The smallest absolute Gasteiger partial charge is 0.00990 e. The van der Waals surface area contributed by atoms with Crippen molar-refractivity contribution in [3.63, 3.8) is 0 Å². The summed E-state index contributed by atoms with van der Waals surface area (Å²) in [5.74, 6) is 0. The number of fused-ring (bicyclic) bond motifs is 3. The maximum Gasteiger partial charge on any atom is -0.00990 e. The van der Waals surface area contributed by atoms with E-state index in [4.69, 9.17) is 0 Å². The van der Waals surface area contributed by atoms with Crippen LogP contribution < -0.4 is 0 Å². The van der Waals surface area contributed by atoms with Crippen molar-refractivity contribution in [3.05, 3.63) is 77.9 Å². The first kappa shape index (κ1) is 13.9. The Morgan fingerprint density at radius 1 is 0.857 bits per heavy atom. The van der Waals surface area contributed by atoms with Gasteiger partial charge < -0.3 is 0 Å². The maximum atomic E-state index is 3.89. The molecule has 0 atom stereocenters. The van der Waals surface area contributed by atoms with Gasteiger partial charge in [0.15, 0.2) is 0 Å². The second kappa shape index (κ2) is 6.13. The fourth-order valence-corrected chi connectivity index (χ4v) is 3.35. The van der Waals surface area contributed by atoms with Crippen molar-refractivity contribution in [2.45, 2.75) is 32.6 Å². The van der Waals surface area contributed by atoms with E-state index in [1.165, 1.54) is 40.7 Å². The first-order valence-electron chi connectivity index (χ1n) is 7.89. The summed E-state index contributed by atoms with van der Waals surface area (Å²) >= 11 is 0. The van der Waals surface area contributed by atoms with Crippen LogP contribution in [-0.4, -0.2) is 0 Å². The van der Waals surface area contributed by atoms with Gasteiger partial charge in [-0.3, -0.25) is 0 Å². The van der Waals surface area contributed by atoms with Crippen molar-refractivity contribution in [2.75, 3.05) is 0 Å². The molecule has 0 aliphatic heterocycles. The van der Waals surface area contributed by atoms with E-state index < -0.39 is 0 Å². The van der Waals surface area contributed by atoms with Crippen molar-refractivity contribution >= 4 is 5.57 Å². The van der Waals surface area contributed by atoms with Crippen LogP contribution in [0.1, 0.15) is 43.7 Å². The van der Waals surface area contributed by atoms with Crippen LogP contribution in [0.5, 0.6) is 0 Å². The van der Waals surface area contributed by atoms with E-state index in [0.717, 1.165) is 12.8 Å². The molecule has 2 aromatic rings. The van der Waals surface area contributed by atoms with Crippen LogP contribution in [-0.2, 0) is 0 Å².